The van der Waals surface area contributed by atoms with Gasteiger partial charge >= 0.3 is 0 Å². The van der Waals surface area contributed by atoms with Gasteiger partial charge in [-0.25, -0.2) is 0 Å². The Hall–Kier alpha value is -1.65. The number of aliphatic hydroxyl groups is 1. The number of hydrogen-bond acceptors (Lipinski definition) is 3. The Kier molecular flexibility index (Phi) is 4.93. The van der Waals surface area contributed by atoms with Crippen LogP contribution in [0.3, 0.4) is 0 Å². The van der Waals surface area contributed by atoms with Crippen molar-refractivity contribution >= 4 is 0 Å². The van der Waals surface area contributed by atoms with E-state index in [0.29, 0.717) is 0 Å². The van der Waals surface area contributed by atoms with Crippen molar-refractivity contribution in [2.45, 2.75) is 26.8 Å². The van der Waals surface area contributed by atoms with Gasteiger partial charge in [0.25, 0.3) is 0 Å². The predicted octanol–water partition coefficient (Wildman–Crippen LogP) is 2.57. The molecule has 4 nitrogen and oxygen atoms in total. The number of rotatable bonds is 7. The fourth-order valence-corrected chi connectivity index (χ4v) is 2.02. The Morgan fingerprint density at radius 2 is 2.00 bits per heavy atom. The molecule has 0 aliphatic rings. The number of nitrogens with zero attached hydrogens (tertiary/aromatic N) is 1. The average molecular weight is 273 g/mol. The molecule has 1 unspecified atom stereocenters. The van der Waals surface area contributed by atoms with Crippen LogP contribution >= 0.6 is 0 Å². The molecule has 108 valence electrons. The third-order valence-corrected chi connectivity index (χ3v) is 3.88. The summed E-state index contributed by atoms with van der Waals surface area (Å²) in [5.41, 5.74) is 3.38. The molecule has 1 heterocycles. The van der Waals surface area contributed by atoms with Crippen molar-refractivity contribution in [2.75, 3.05) is 13.2 Å². The fraction of sp³-hybridized carbons (Fsp3) is 0.438. The van der Waals surface area contributed by atoms with Crippen LogP contribution in [0.15, 0.2) is 36.5 Å². The van der Waals surface area contributed by atoms with Crippen LogP contribution in [0.1, 0.15) is 25.8 Å². The van der Waals surface area contributed by atoms with Crippen molar-refractivity contribution in [3.8, 4) is 11.3 Å². The molecule has 0 amide bonds. The van der Waals surface area contributed by atoms with E-state index in [1.54, 1.807) is 6.20 Å². The van der Waals surface area contributed by atoms with Gasteiger partial charge in [-0.3, -0.25) is 5.10 Å². The van der Waals surface area contributed by atoms with Crippen LogP contribution in [0.4, 0.5) is 0 Å². The standard InChI is InChI=1S/C16H23N3O/c1-3-16(2,12-20)11-17-10-13-4-6-14(7-5-13)15-8-9-18-19-15/h4-9,17,20H,3,10-12H2,1-2H3,(H,18,19). The molecule has 0 spiro atoms. The summed E-state index contributed by atoms with van der Waals surface area (Å²) in [6.07, 6.45) is 2.72. The number of aromatic nitrogens is 2. The van der Waals surface area contributed by atoms with Crippen LogP contribution in [0.25, 0.3) is 11.3 Å². The van der Waals surface area contributed by atoms with Crippen molar-refractivity contribution in [3.63, 3.8) is 0 Å². The highest BCUT2D eigenvalue weighted by Crippen LogP contribution is 2.19. The molecule has 0 saturated carbocycles. The first kappa shape index (κ1) is 14.8. The normalized spacial score (nSPS) is 14.2. The lowest BCUT2D eigenvalue weighted by Crippen LogP contribution is -2.34. The maximum absolute atomic E-state index is 9.38. The molecular weight excluding hydrogens is 250 g/mol. The molecule has 1 aromatic carbocycles. The summed E-state index contributed by atoms with van der Waals surface area (Å²) in [7, 11) is 0. The van der Waals surface area contributed by atoms with Crippen LogP contribution in [0.2, 0.25) is 0 Å². The van der Waals surface area contributed by atoms with Crippen molar-refractivity contribution in [2.24, 2.45) is 5.41 Å². The van der Waals surface area contributed by atoms with E-state index in [-0.39, 0.29) is 12.0 Å². The van der Waals surface area contributed by atoms with Crippen LogP contribution in [-0.2, 0) is 6.54 Å². The van der Waals surface area contributed by atoms with Crippen LogP contribution in [-0.4, -0.2) is 28.5 Å². The molecule has 2 rings (SSSR count). The van der Waals surface area contributed by atoms with E-state index in [9.17, 15) is 5.11 Å². The Morgan fingerprint density at radius 1 is 1.25 bits per heavy atom. The summed E-state index contributed by atoms with van der Waals surface area (Å²) in [6.45, 7) is 6.06. The molecule has 1 atom stereocenters. The molecule has 2 aromatic rings. The molecule has 1 aromatic heterocycles. The highest BCUT2D eigenvalue weighted by Gasteiger charge is 2.19. The molecule has 0 aliphatic heterocycles. The molecule has 20 heavy (non-hydrogen) atoms. The van der Waals surface area contributed by atoms with Crippen LogP contribution in [0, 0.1) is 5.41 Å². The minimum absolute atomic E-state index is 0.0319. The van der Waals surface area contributed by atoms with Gasteiger partial charge in [0, 0.05) is 31.3 Å². The van der Waals surface area contributed by atoms with E-state index in [2.05, 4.69) is 53.6 Å². The second kappa shape index (κ2) is 6.68. The van der Waals surface area contributed by atoms with Gasteiger partial charge in [-0.15, -0.1) is 0 Å². The molecule has 0 bridgehead atoms. The lowest BCUT2D eigenvalue weighted by atomic mass is 9.88. The van der Waals surface area contributed by atoms with Gasteiger partial charge in [0.2, 0.25) is 0 Å². The van der Waals surface area contributed by atoms with Gasteiger partial charge in [-0.05, 0) is 23.6 Å². The second-order valence-electron chi connectivity index (χ2n) is 5.59. The van der Waals surface area contributed by atoms with Crippen molar-refractivity contribution in [1.82, 2.24) is 15.5 Å². The number of H-pyrrole nitrogens is 1. The predicted molar refractivity (Wildman–Crippen MR) is 81.2 cm³/mol. The van der Waals surface area contributed by atoms with E-state index >= 15 is 0 Å². The molecular formula is C16H23N3O. The SMILES string of the molecule is CCC(C)(CO)CNCc1ccc(-c2ccn[nH]2)cc1. The topological polar surface area (TPSA) is 60.9 Å². The number of benzene rings is 1. The lowest BCUT2D eigenvalue weighted by molar-refractivity contribution is 0.135. The Labute approximate surface area is 120 Å². The molecule has 0 fully saturated rings. The van der Waals surface area contributed by atoms with Gasteiger partial charge in [-0.1, -0.05) is 38.1 Å². The minimum atomic E-state index is -0.0319. The molecule has 0 radical (unpaired) electrons. The summed E-state index contributed by atoms with van der Waals surface area (Å²) in [6, 6.07) is 10.4. The highest BCUT2D eigenvalue weighted by molar-refractivity contribution is 5.58. The fourth-order valence-electron chi connectivity index (χ4n) is 2.02. The second-order valence-corrected chi connectivity index (χ2v) is 5.59. The first-order chi connectivity index (χ1) is 9.67. The largest absolute Gasteiger partial charge is 0.396 e. The van der Waals surface area contributed by atoms with E-state index in [1.807, 2.05) is 6.07 Å². The molecule has 4 heteroatoms. The van der Waals surface area contributed by atoms with Crippen molar-refractivity contribution in [1.29, 1.82) is 0 Å². The first-order valence-corrected chi connectivity index (χ1v) is 7.07. The first-order valence-electron chi connectivity index (χ1n) is 7.07. The number of aromatic amines is 1. The smallest absolute Gasteiger partial charge is 0.0650 e. The van der Waals surface area contributed by atoms with Crippen LogP contribution in [0.5, 0.6) is 0 Å². The maximum Gasteiger partial charge on any atom is 0.0650 e. The molecule has 3 N–H and O–H groups in total. The van der Waals surface area contributed by atoms with E-state index in [4.69, 9.17) is 0 Å². The Morgan fingerprint density at radius 3 is 2.55 bits per heavy atom. The summed E-state index contributed by atoms with van der Waals surface area (Å²) in [5, 5.41) is 19.7. The minimum Gasteiger partial charge on any atom is -0.396 e. The quantitative estimate of drug-likeness (QED) is 0.726. The zero-order chi connectivity index (χ0) is 14.4. The zero-order valence-corrected chi connectivity index (χ0v) is 12.2. The van der Waals surface area contributed by atoms with Crippen LogP contribution < -0.4 is 5.32 Å². The van der Waals surface area contributed by atoms with Crippen molar-refractivity contribution in [3.05, 3.63) is 42.1 Å². The summed E-state index contributed by atoms with van der Waals surface area (Å²) >= 11 is 0. The summed E-state index contributed by atoms with van der Waals surface area (Å²) < 4.78 is 0. The van der Waals surface area contributed by atoms with Gasteiger partial charge in [0.1, 0.15) is 0 Å². The average Bonchev–Trinajstić information content (AvgIpc) is 3.02. The van der Waals surface area contributed by atoms with E-state index in [1.165, 1.54) is 5.56 Å². The van der Waals surface area contributed by atoms with Gasteiger partial charge < -0.3 is 10.4 Å². The summed E-state index contributed by atoms with van der Waals surface area (Å²) in [5.74, 6) is 0. The van der Waals surface area contributed by atoms with Gasteiger partial charge in [0.15, 0.2) is 0 Å². The maximum atomic E-state index is 9.38. The lowest BCUT2D eigenvalue weighted by Gasteiger charge is -2.25. The van der Waals surface area contributed by atoms with E-state index < -0.39 is 0 Å². The van der Waals surface area contributed by atoms with Gasteiger partial charge in [-0.2, -0.15) is 5.10 Å². The highest BCUT2D eigenvalue weighted by atomic mass is 16.3. The van der Waals surface area contributed by atoms with Crippen molar-refractivity contribution < 1.29 is 5.11 Å². The van der Waals surface area contributed by atoms with E-state index in [0.717, 1.165) is 30.8 Å². The molecule has 0 saturated heterocycles. The number of hydrogen-bond donors (Lipinski definition) is 3. The van der Waals surface area contributed by atoms with Gasteiger partial charge in [0.05, 0.1) is 5.69 Å². The zero-order valence-electron chi connectivity index (χ0n) is 12.2. The Bertz CT molecular complexity index is 501. The third-order valence-electron chi connectivity index (χ3n) is 3.88. The number of aliphatic hydroxyl groups excluding tert-OH is 1. The number of nitrogens with one attached hydrogen (secondary N) is 2. The Balaban J connectivity index is 1.88. The summed E-state index contributed by atoms with van der Waals surface area (Å²) in [4.78, 5) is 0. The molecule has 0 aliphatic carbocycles. The third kappa shape index (κ3) is 3.68. The monoisotopic (exact) mass is 273 g/mol.